The van der Waals surface area contributed by atoms with Gasteiger partial charge in [-0.2, -0.15) is 0 Å². The van der Waals surface area contributed by atoms with Crippen molar-refractivity contribution in [1.82, 2.24) is 10.3 Å². The Morgan fingerprint density at radius 3 is 2.41 bits per heavy atom. The summed E-state index contributed by atoms with van der Waals surface area (Å²) in [5, 5.41) is 6.74. The Morgan fingerprint density at radius 2 is 1.70 bits per heavy atom. The summed E-state index contributed by atoms with van der Waals surface area (Å²) in [5.74, 6) is 1.23. The molecule has 0 aliphatic rings. The van der Waals surface area contributed by atoms with Crippen LogP contribution in [0.5, 0.6) is 5.75 Å². The highest BCUT2D eigenvalue weighted by atomic mass is 32.1. The Bertz CT molecular complexity index is 898. The van der Waals surface area contributed by atoms with Crippen molar-refractivity contribution in [1.29, 1.82) is 0 Å². The van der Waals surface area contributed by atoms with E-state index in [1.165, 1.54) is 12.1 Å². The number of hydrogen-bond donors (Lipinski definition) is 2. The Labute approximate surface area is 163 Å². The number of nitrogens with one attached hydrogen (secondary N) is 2. The van der Waals surface area contributed by atoms with Crippen LogP contribution in [0.2, 0.25) is 0 Å². The van der Waals surface area contributed by atoms with Crippen LogP contribution in [0.25, 0.3) is 0 Å². The molecule has 4 nitrogen and oxygen atoms in total. The number of aryl methyl sites for hydroxylation is 1. The Morgan fingerprint density at radius 1 is 1.00 bits per heavy atom. The van der Waals surface area contributed by atoms with Crippen LogP contribution in [-0.4, -0.2) is 10.1 Å². The smallest absolute Gasteiger partial charge is 0.172 e. The molecular weight excluding hydrogens is 361 g/mol. The van der Waals surface area contributed by atoms with Crippen LogP contribution in [0, 0.1) is 12.7 Å². The van der Waals surface area contributed by atoms with E-state index < -0.39 is 0 Å². The molecule has 27 heavy (non-hydrogen) atoms. The van der Waals surface area contributed by atoms with Crippen molar-refractivity contribution in [2.75, 3.05) is 5.32 Å². The maximum absolute atomic E-state index is 12.9. The van der Waals surface area contributed by atoms with Crippen LogP contribution in [0.1, 0.15) is 16.8 Å². The largest absolute Gasteiger partial charge is 0.489 e. The third kappa shape index (κ3) is 6.04. The highest BCUT2D eigenvalue weighted by Gasteiger charge is 2.01. The average molecular weight is 381 g/mol. The molecule has 3 aromatic rings. The van der Waals surface area contributed by atoms with Crippen molar-refractivity contribution in [2.24, 2.45) is 0 Å². The van der Waals surface area contributed by atoms with Crippen LogP contribution in [-0.2, 0) is 13.2 Å². The molecule has 0 unspecified atom stereocenters. The number of halogens is 1. The van der Waals surface area contributed by atoms with Gasteiger partial charge in [-0.3, -0.25) is 0 Å². The molecule has 0 aliphatic heterocycles. The van der Waals surface area contributed by atoms with Crippen molar-refractivity contribution < 1.29 is 9.13 Å². The van der Waals surface area contributed by atoms with E-state index in [0.29, 0.717) is 18.3 Å². The molecule has 1 aromatic heterocycles. The lowest BCUT2D eigenvalue weighted by atomic mass is 10.2. The van der Waals surface area contributed by atoms with Crippen LogP contribution in [0.4, 0.5) is 10.2 Å². The van der Waals surface area contributed by atoms with Crippen molar-refractivity contribution in [2.45, 2.75) is 20.1 Å². The number of ether oxygens (including phenoxy) is 1. The summed E-state index contributed by atoms with van der Waals surface area (Å²) in [5.41, 5.74) is 2.92. The Hall–Kier alpha value is -2.99. The fraction of sp³-hybridized carbons (Fsp3) is 0.143. The molecule has 2 aromatic carbocycles. The Balaban J connectivity index is 1.45. The minimum absolute atomic E-state index is 0.249. The molecule has 6 heteroatoms. The Kier molecular flexibility index (Phi) is 6.33. The molecule has 3 rings (SSSR count). The summed E-state index contributed by atoms with van der Waals surface area (Å²) in [6.07, 6.45) is 0. The van der Waals surface area contributed by atoms with Gasteiger partial charge in [0.25, 0.3) is 0 Å². The van der Waals surface area contributed by atoms with E-state index in [2.05, 4.69) is 15.6 Å². The van der Waals surface area contributed by atoms with Gasteiger partial charge in [-0.25, -0.2) is 9.37 Å². The zero-order valence-electron chi connectivity index (χ0n) is 14.9. The average Bonchev–Trinajstić information content (AvgIpc) is 2.67. The van der Waals surface area contributed by atoms with Crippen LogP contribution < -0.4 is 15.4 Å². The highest BCUT2D eigenvalue weighted by molar-refractivity contribution is 7.80. The molecule has 138 valence electrons. The van der Waals surface area contributed by atoms with Crippen molar-refractivity contribution in [3.63, 3.8) is 0 Å². The molecule has 2 N–H and O–H groups in total. The number of benzene rings is 2. The number of thiocarbonyl (C=S) groups is 1. The first-order valence-corrected chi connectivity index (χ1v) is 8.94. The van der Waals surface area contributed by atoms with Crippen LogP contribution >= 0.6 is 12.2 Å². The zero-order chi connectivity index (χ0) is 19.1. The molecule has 0 saturated heterocycles. The van der Waals surface area contributed by atoms with E-state index in [-0.39, 0.29) is 5.82 Å². The minimum Gasteiger partial charge on any atom is -0.489 e. The quantitative estimate of drug-likeness (QED) is 0.611. The summed E-state index contributed by atoms with van der Waals surface area (Å²) in [6, 6.07) is 19.8. The molecule has 0 spiro atoms. The van der Waals surface area contributed by atoms with E-state index in [9.17, 15) is 4.39 Å². The van der Waals surface area contributed by atoms with Gasteiger partial charge in [-0.1, -0.05) is 30.3 Å². The van der Waals surface area contributed by atoms with Gasteiger partial charge < -0.3 is 15.4 Å². The molecule has 1 heterocycles. The highest BCUT2D eigenvalue weighted by Crippen LogP contribution is 2.14. The molecule has 0 fully saturated rings. The van der Waals surface area contributed by atoms with Crippen LogP contribution in [0.3, 0.4) is 0 Å². The lowest BCUT2D eigenvalue weighted by molar-refractivity contribution is 0.306. The van der Waals surface area contributed by atoms with Gasteiger partial charge in [-0.15, -0.1) is 0 Å². The lowest BCUT2D eigenvalue weighted by Gasteiger charge is -2.11. The van der Waals surface area contributed by atoms with Gasteiger partial charge >= 0.3 is 0 Å². The molecule has 0 radical (unpaired) electrons. The molecule has 0 saturated carbocycles. The predicted octanol–water partition coefficient (Wildman–Crippen LogP) is 4.59. The second-order valence-electron chi connectivity index (χ2n) is 6.03. The second kappa shape index (κ2) is 9.09. The maximum atomic E-state index is 12.9. The van der Waals surface area contributed by atoms with E-state index in [0.717, 1.165) is 28.4 Å². The van der Waals surface area contributed by atoms with Gasteiger partial charge in [0.15, 0.2) is 5.11 Å². The van der Waals surface area contributed by atoms with Gasteiger partial charge in [0.05, 0.1) is 0 Å². The topological polar surface area (TPSA) is 46.2 Å². The monoisotopic (exact) mass is 381 g/mol. The van der Waals surface area contributed by atoms with E-state index in [4.69, 9.17) is 17.0 Å². The van der Waals surface area contributed by atoms with E-state index >= 15 is 0 Å². The number of rotatable bonds is 6. The summed E-state index contributed by atoms with van der Waals surface area (Å²) in [6.45, 7) is 2.92. The minimum atomic E-state index is -0.249. The van der Waals surface area contributed by atoms with Gasteiger partial charge in [0.1, 0.15) is 24.0 Å². The number of anilines is 1. The third-order valence-electron chi connectivity index (χ3n) is 3.83. The number of nitrogens with zero attached hydrogens (tertiary/aromatic N) is 1. The molecule has 0 amide bonds. The molecule has 0 atom stereocenters. The second-order valence-corrected chi connectivity index (χ2v) is 6.44. The zero-order valence-corrected chi connectivity index (χ0v) is 15.7. The number of pyridine rings is 1. The fourth-order valence-corrected chi connectivity index (χ4v) is 2.58. The number of hydrogen-bond acceptors (Lipinski definition) is 3. The van der Waals surface area contributed by atoms with E-state index in [1.54, 1.807) is 12.1 Å². The lowest BCUT2D eigenvalue weighted by Crippen LogP contribution is -2.28. The predicted molar refractivity (Wildman–Crippen MR) is 109 cm³/mol. The molecule has 0 bridgehead atoms. The summed E-state index contributed by atoms with van der Waals surface area (Å²) in [4.78, 5) is 4.35. The third-order valence-corrected chi connectivity index (χ3v) is 4.07. The van der Waals surface area contributed by atoms with E-state index in [1.807, 2.05) is 49.4 Å². The van der Waals surface area contributed by atoms with Gasteiger partial charge in [-0.05, 0) is 66.7 Å². The van der Waals surface area contributed by atoms with Crippen molar-refractivity contribution in [3.8, 4) is 5.75 Å². The summed E-state index contributed by atoms with van der Waals surface area (Å²) < 4.78 is 18.6. The SMILES string of the molecule is Cc1cccc(NC(=S)NCc2ccc(OCc3ccc(F)cc3)cc2)n1. The first-order chi connectivity index (χ1) is 13.1. The number of aromatic nitrogens is 1. The first kappa shape index (κ1) is 18.8. The van der Waals surface area contributed by atoms with Crippen LogP contribution in [0.15, 0.2) is 66.7 Å². The molecule has 0 aliphatic carbocycles. The van der Waals surface area contributed by atoms with Gasteiger partial charge in [0.2, 0.25) is 0 Å². The summed E-state index contributed by atoms with van der Waals surface area (Å²) in [7, 11) is 0. The molecular formula is C21H20FN3OS. The van der Waals surface area contributed by atoms with Gasteiger partial charge in [0, 0.05) is 12.2 Å². The van der Waals surface area contributed by atoms with Crippen molar-refractivity contribution >= 4 is 23.1 Å². The standard InChI is InChI=1S/C21H20FN3OS/c1-15-3-2-4-20(24-15)25-21(27)23-13-16-7-11-19(12-8-16)26-14-17-5-9-18(22)10-6-17/h2-12H,13-14H2,1H3,(H2,23,24,25,27). The summed E-state index contributed by atoms with van der Waals surface area (Å²) >= 11 is 5.30. The first-order valence-electron chi connectivity index (χ1n) is 8.53. The maximum Gasteiger partial charge on any atom is 0.172 e. The fourth-order valence-electron chi connectivity index (χ4n) is 2.41. The van der Waals surface area contributed by atoms with Crippen molar-refractivity contribution in [3.05, 3.63) is 89.4 Å². The normalized spacial score (nSPS) is 10.3.